The molecule has 0 aliphatic carbocycles. The lowest BCUT2D eigenvalue weighted by molar-refractivity contribution is 0.452. The van der Waals surface area contributed by atoms with E-state index in [1.54, 1.807) is 11.8 Å². The molecular weight excluding hydrogens is 270 g/mol. The number of rotatable bonds is 7. The summed E-state index contributed by atoms with van der Waals surface area (Å²) in [6, 6.07) is 11.7. The lowest BCUT2D eigenvalue weighted by atomic mass is 10.3. The number of benzene rings is 1. The Morgan fingerprint density at radius 1 is 1.10 bits per heavy atom. The zero-order valence-corrected chi connectivity index (χ0v) is 12.6. The van der Waals surface area contributed by atoms with Gasteiger partial charge in [0.05, 0.1) is 5.69 Å². The van der Waals surface area contributed by atoms with Crippen LogP contribution in [0.1, 0.15) is 19.0 Å². The van der Waals surface area contributed by atoms with Gasteiger partial charge in [-0.05, 0) is 49.6 Å². The van der Waals surface area contributed by atoms with Crippen molar-refractivity contribution in [2.75, 3.05) is 12.8 Å². The summed E-state index contributed by atoms with van der Waals surface area (Å²) < 4.78 is 5.66. The number of ether oxygens (including phenoxy) is 1. The summed E-state index contributed by atoms with van der Waals surface area (Å²) in [5.41, 5.74) is 0.920. The summed E-state index contributed by atoms with van der Waals surface area (Å²) in [5, 5.41) is 11.5. The first-order valence-corrected chi connectivity index (χ1v) is 7.89. The molecule has 0 atom stereocenters. The maximum atomic E-state index is 5.66. The molecule has 0 fully saturated rings. The first kappa shape index (κ1) is 14.8. The van der Waals surface area contributed by atoms with Gasteiger partial charge in [0.15, 0.2) is 0 Å². The minimum absolute atomic E-state index is 0.515. The van der Waals surface area contributed by atoms with Gasteiger partial charge in [-0.15, -0.1) is 16.9 Å². The van der Waals surface area contributed by atoms with E-state index in [0.29, 0.717) is 5.88 Å². The van der Waals surface area contributed by atoms with Gasteiger partial charge in [-0.25, -0.2) is 0 Å². The molecule has 0 saturated carbocycles. The molecule has 4 nitrogen and oxygen atoms in total. The normalized spacial score (nSPS) is 10.5. The Balaban J connectivity index is 1.92. The second-order valence-electron chi connectivity index (χ2n) is 4.32. The van der Waals surface area contributed by atoms with E-state index in [2.05, 4.69) is 22.4 Å². The van der Waals surface area contributed by atoms with Crippen molar-refractivity contribution in [1.29, 1.82) is 0 Å². The first-order valence-electron chi connectivity index (χ1n) is 6.67. The van der Waals surface area contributed by atoms with E-state index in [4.69, 9.17) is 4.74 Å². The van der Waals surface area contributed by atoms with E-state index < -0.39 is 0 Å². The number of nitrogens with zero attached hydrogens (tertiary/aromatic N) is 2. The fraction of sp³-hybridized carbons (Fsp3) is 0.333. The molecule has 1 aromatic carbocycles. The number of aromatic nitrogens is 2. The summed E-state index contributed by atoms with van der Waals surface area (Å²) in [6.07, 6.45) is 3.16. The number of hydrogen-bond acceptors (Lipinski definition) is 5. The highest BCUT2D eigenvalue weighted by Crippen LogP contribution is 2.22. The van der Waals surface area contributed by atoms with Crippen LogP contribution in [0.5, 0.6) is 11.6 Å². The largest absolute Gasteiger partial charge is 0.438 e. The number of thioether (sulfide) groups is 1. The lowest BCUT2D eigenvalue weighted by Gasteiger charge is -2.06. The lowest BCUT2D eigenvalue weighted by Crippen LogP contribution is -2.15. The van der Waals surface area contributed by atoms with E-state index in [0.717, 1.165) is 31.0 Å². The Morgan fingerprint density at radius 2 is 1.90 bits per heavy atom. The van der Waals surface area contributed by atoms with Crippen molar-refractivity contribution in [1.82, 2.24) is 15.5 Å². The Kier molecular flexibility index (Phi) is 5.83. The summed E-state index contributed by atoms with van der Waals surface area (Å²) in [4.78, 5) is 1.21. The highest BCUT2D eigenvalue weighted by Gasteiger charge is 2.01. The molecule has 2 rings (SSSR count). The van der Waals surface area contributed by atoms with Gasteiger partial charge in [0, 0.05) is 17.5 Å². The molecule has 1 N–H and O–H groups in total. The van der Waals surface area contributed by atoms with Crippen molar-refractivity contribution >= 4 is 11.8 Å². The topological polar surface area (TPSA) is 47.0 Å². The summed E-state index contributed by atoms with van der Waals surface area (Å²) >= 11 is 1.70. The summed E-state index contributed by atoms with van der Waals surface area (Å²) in [7, 11) is 0. The molecule has 106 valence electrons. The van der Waals surface area contributed by atoms with Crippen LogP contribution in [-0.4, -0.2) is 23.0 Å². The van der Waals surface area contributed by atoms with Crippen molar-refractivity contribution in [2.45, 2.75) is 24.8 Å². The molecule has 0 radical (unpaired) electrons. The van der Waals surface area contributed by atoms with Crippen molar-refractivity contribution < 1.29 is 4.74 Å². The number of hydrogen-bond donors (Lipinski definition) is 1. The van der Waals surface area contributed by atoms with Crippen molar-refractivity contribution in [3.05, 3.63) is 42.1 Å². The van der Waals surface area contributed by atoms with Gasteiger partial charge in [-0.1, -0.05) is 6.92 Å². The minimum Gasteiger partial charge on any atom is -0.438 e. The van der Waals surface area contributed by atoms with Crippen LogP contribution >= 0.6 is 11.8 Å². The third kappa shape index (κ3) is 4.51. The Bertz CT molecular complexity index is 514. The predicted octanol–water partition coefficient (Wildman–Crippen LogP) is 3.49. The maximum absolute atomic E-state index is 5.66. The standard InChI is InChI=1S/C15H19N3OS/c1-3-10-16-11-12-4-9-15(18-17-12)19-13-5-7-14(20-2)8-6-13/h4-9,16H,3,10-11H2,1-2H3. The highest BCUT2D eigenvalue weighted by molar-refractivity contribution is 7.98. The second-order valence-corrected chi connectivity index (χ2v) is 5.20. The van der Waals surface area contributed by atoms with E-state index in [1.165, 1.54) is 4.90 Å². The molecule has 1 heterocycles. The molecule has 2 aromatic rings. The molecular formula is C15H19N3OS. The van der Waals surface area contributed by atoms with E-state index in [-0.39, 0.29) is 0 Å². The van der Waals surface area contributed by atoms with E-state index >= 15 is 0 Å². The third-order valence-corrected chi connectivity index (χ3v) is 3.45. The highest BCUT2D eigenvalue weighted by atomic mass is 32.2. The van der Waals surface area contributed by atoms with Gasteiger partial charge < -0.3 is 10.1 Å². The molecule has 1 aromatic heterocycles. The Labute approximate surface area is 124 Å². The SMILES string of the molecule is CCCNCc1ccc(Oc2ccc(SC)cc2)nn1. The van der Waals surface area contributed by atoms with Crippen molar-refractivity contribution in [2.24, 2.45) is 0 Å². The van der Waals surface area contributed by atoms with Gasteiger partial charge in [0.25, 0.3) is 0 Å². The minimum atomic E-state index is 0.515. The molecule has 0 aliphatic rings. The molecule has 5 heteroatoms. The summed E-state index contributed by atoms with van der Waals surface area (Å²) in [6.45, 7) is 3.86. The Morgan fingerprint density at radius 3 is 2.50 bits per heavy atom. The predicted molar refractivity (Wildman–Crippen MR) is 82.3 cm³/mol. The zero-order valence-electron chi connectivity index (χ0n) is 11.8. The van der Waals surface area contributed by atoms with Crippen LogP contribution in [0.2, 0.25) is 0 Å². The van der Waals surface area contributed by atoms with Crippen molar-refractivity contribution in [3.63, 3.8) is 0 Å². The smallest absolute Gasteiger partial charge is 0.238 e. The molecule has 0 spiro atoms. The summed E-state index contributed by atoms with van der Waals surface area (Å²) in [5.74, 6) is 1.29. The monoisotopic (exact) mass is 289 g/mol. The molecule has 0 bridgehead atoms. The van der Waals surface area contributed by atoms with Gasteiger partial charge >= 0.3 is 0 Å². The van der Waals surface area contributed by atoms with Gasteiger partial charge in [0.2, 0.25) is 5.88 Å². The van der Waals surface area contributed by atoms with E-state index in [9.17, 15) is 0 Å². The molecule has 0 amide bonds. The molecule has 20 heavy (non-hydrogen) atoms. The van der Waals surface area contributed by atoms with E-state index in [1.807, 2.05) is 42.7 Å². The quantitative estimate of drug-likeness (QED) is 0.624. The average molecular weight is 289 g/mol. The first-order chi connectivity index (χ1) is 9.81. The van der Waals surface area contributed by atoms with Gasteiger partial charge in [0.1, 0.15) is 5.75 Å². The maximum Gasteiger partial charge on any atom is 0.238 e. The second kappa shape index (κ2) is 7.87. The molecule has 0 aliphatic heterocycles. The van der Waals surface area contributed by atoms with Crippen molar-refractivity contribution in [3.8, 4) is 11.6 Å². The average Bonchev–Trinajstić information content (AvgIpc) is 2.50. The van der Waals surface area contributed by atoms with Crippen LogP contribution in [0, 0.1) is 0 Å². The zero-order chi connectivity index (χ0) is 14.2. The van der Waals surface area contributed by atoms with Crippen LogP contribution in [0.3, 0.4) is 0 Å². The van der Waals surface area contributed by atoms with Crippen LogP contribution in [0.4, 0.5) is 0 Å². The molecule has 0 unspecified atom stereocenters. The van der Waals surface area contributed by atoms with Crippen LogP contribution in [-0.2, 0) is 6.54 Å². The van der Waals surface area contributed by atoms with Crippen LogP contribution in [0.25, 0.3) is 0 Å². The number of nitrogens with one attached hydrogen (secondary N) is 1. The van der Waals surface area contributed by atoms with Crippen LogP contribution in [0.15, 0.2) is 41.3 Å². The van der Waals surface area contributed by atoms with Crippen LogP contribution < -0.4 is 10.1 Å². The fourth-order valence-corrected chi connectivity index (χ4v) is 2.06. The molecule has 0 saturated heterocycles. The third-order valence-electron chi connectivity index (χ3n) is 2.71. The van der Waals surface area contributed by atoms with Gasteiger partial charge in [-0.2, -0.15) is 5.10 Å². The fourth-order valence-electron chi connectivity index (χ4n) is 1.65. The Hall–Kier alpha value is -1.59. The van der Waals surface area contributed by atoms with Gasteiger partial charge in [-0.3, -0.25) is 0 Å².